The van der Waals surface area contributed by atoms with E-state index in [9.17, 15) is 14.4 Å². The molecular formula is C7H11N7O4. The molecule has 11 nitrogen and oxygen atoms in total. The molecule has 0 saturated heterocycles. The van der Waals surface area contributed by atoms with Crippen molar-refractivity contribution in [3.8, 4) is 0 Å². The Morgan fingerprint density at radius 2 is 2.00 bits per heavy atom. The summed E-state index contributed by atoms with van der Waals surface area (Å²) in [6.45, 7) is -0.868. The van der Waals surface area contributed by atoms with Gasteiger partial charge in [-0.2, -0.15) is 4.80 Å². The van der Waals surface area contributed by atoms with E-state index in [0.29, 0.717) is 0 Å². The van der Waals surface area contributed by atoms with Crippen LogP contribution in [0.1, 0.15) is 0 Å². The second-order valence-electron chi connectivity index (χ2n) is 3.08. The van der Waals surface area contributed by atoms with Crippen molar-refractivity contribution in [2.24, 2.45) is 7.05 Å². The monoisotopic (exact) mass is 257 g/mol. The van der Waals surface area contributed by atoms with Crippen LogP contribution in [0.3, 0.4) is 0 Å². The molecule has 3 amide bonds. The summed E-state index contributed by atoms with van der Waals surface area (Å²) in [6, 6.07) is -0.700. The van der Waals surface area contributed by atoms with E-state index in [2.05, 4.69) is 31.4 Å². The van der Waals surface area contributed by atoms with Gasteiger partial charge in [-0.05, 0) is 5.21 Å². The fraction of sp³-hybridized carbons (Fsp3) is 0.429. The topological polar surface area (TPSA) is 151 Å². The molecule has 0 aliphatic rings. The molecule has 1 aromatic heterocycles. The largest absolute Gasteiger partial charge is 0.480 e. The number of amides is 3. The van der Waals surface area contributed by atoms with Crippen molar-refractivity contribution in [2.45, 2.75) is 0 Å². The van der Waals surface area contributed by atoms with Crippen molar-refractivity contribution in [2.75, 3.05) is 18.4 Å². The number of rotatable bonds is 5. The summed E-state index contributed by atoms with van der Waals surface area (Å²) in [5, 5.41) is 25.5. The van der Waals surface area contributed by atoms with Crippen LogP contribution in [-0.2, 0) is 16.6 Å². The zero-order valence-corrected chi connectivity index (χ0v) is 9.38. The second kappa shape index (κ2) is 6.12. The molecule has 0 atom stereocenters. The van der Waals surface area contributed by atoms with Gasteiger partial charge in [0, 0.05) is 0 Å². The number of aryl methyl sites for hydroxylation is 1. The van der Waals surface area contributed by atoms with Gasteiger partial charge in [0.25, 0.3) is 5.95 Å². The van der Waals surface area contributed by atoms with Gasteiger partial charge in [0.15, 0.2) is 0 Å². The highest BCUT2D eigenvalue weighted by Crippen LogP contribution is 1.90. The van der Waals surface area contributed by atoms with Crippen molar-refractivity contribution in [3.63, 3.8) is 0 Å². The molecule has 0 fully saturated rings. The minimum atomic E-state index is -1.17. The SMILES string of the molecule is Cn1nnc(NC(=O)NCC(=O)NCC(=O)O)n1. The first-order valence-corrected chi connectivity index (χ1v) is 4.74. The molecule has 0 radical (unpaired) electrons. The van der Waals surface area contributed by atoms with Crippen molar-refractivity contribution < 1.29 is 19.5 Å². The van der Waals surface area contributed by atoms with Crippen molar-refractivity contribution in [1.82, 2.24) is 30.8 Å². The standard InChI is InChI=1S/C7H11N7O4/c1-14-12-6(11-13-14)10-7(18)9-2-4(15)8-3-5(16)17/h2-3H2,1H3,(H,8,15)(H,16,17)(H2,9,10,12,18). The van der Waals surface area contributed by atoms with Crippen LogP contribution in [0.4, 0.5) is 10.7 Å². The molecule has 1 aromatic rings. The lowest BCUT2D eigenvalue weighted by Gasteiger charge is -2.04. The first-order valence-electron chi connectivity index (χ1n) is 4.74. The van der Waals surface area contributed by atoms with Gasteiger partial charge in [0.1, 0.15) is 6.54 Å². The maximum absolute atomic E-state index is 11.2. The van der Waals surface area contributed by atoms with Gasteiger partial charge in [-0.3, -0.25) is 14.9 Å². The van der Waals surface area contributed by atoms with Gasteiger partial charge < -0.3 is 15.7 Å². The normalized spacial score (nSPS) is 9.61. The number of urea groups is 1. The first-order chi connectivity index (χ1) is 8.47. The highest BCUT2D eigenvalue weighted by molar-refractivity contribution is 5.91. The maximum Gasteiger partial charge on any atom is 0.322 e. The predicted octanol–water partition coefficient (Wildman–Crippen LogP) is -2.47. The molecule has 18 heavy (non-hydrogen) atoms. The Kier molecular flexibility index (Phi) is 4.54. The number of carbonyl (C=O) groups excluding carboxylic acids is 2. The summed E-state index contributed by atoms with van der Waals surface area (Å²) in [7, 11) is 1.52. The smallest absolute Gasteiger partial charge is 0.322 e. The molecule has 11 heteroatoms. The number of carboxylic acids is 1. The number of hydrogen-bond donors (Lipinski definition) is 4. The Balaban J connectivity index is 2.24. The summed E-state index contributed by atoms with van der Waals surface area (Å²) in [4.78, 5) is 33.6. The number of anilines is 1. The first kappa shape index (κ1) is 13.3. The van der Waals surface area contributed by atoms with Gasteiger partial charge in [-0.15, -0.1) is 5.10 Å². The summed E-state index contributed by atoms with van der Waals surface area (Å²) in [6.07, 6.45) is 0. The molecule has 0 unspecified atom stereocenters. The lowest BCUT2D eigenvalue weighted by molar-refractivity contribution is -0.137. The van der Waals surface area contributed by atoms with Gasteiger partial charge in [-0.1, -0.05) is 5.10 Å². The highest BCUT2D eigenvalue weighted by atomic mass is 16.4. The van der Waals surface area contributed by atoms with Crippen LogP contribution in [-0.4, -0.2) is 56.3 Å². The van der Waals surface area contributed by atoms with Gasteiger partial charge in [0.05, 0.1) is 13.6 Å². The molecule has 0 spiro atoms. The number of aliphatic carboxylic acids is 1. The van der Waals surface area contributed by atoms with Crippen LogP contribution < -0.4 is 16.0 Å². The third kappa shape index (κ3) is 4.87. The average Bonchev–Trinajstić information content (AvgIpc) is 2.69. The summed E-state index contributed by atoms with van der Waals surface area (Å²) < 4.78 is 0. The van der Waals surface area contributed by atoms with E-state index in [-0.39, 0.29) is 12.5 Å². The lowest BCUT2D eigenvalue weighted by atomic mass is 10.5. The number of carboxylic acid groups (broad SMARTS) is 1. The maximum atomic E-state index is 11.2. The van der Waals surface area contributed by atoms with Crippen LogP contribution >= 0.6 is 0 Å². The molecular weight excluding hydrogens is 246 g/mol. The molecule has 0 bridgehead atoms. The van der Waals surface area contributed by atoms with Gasteiger partial charge in [0.2, 0.25) is 5.91 Å². The Labute approximate surface area is 101 Å². The fourth-order valence-electron chi connectivity index (χ4n) is 0.877. The highest BCUT2D eigenvalue weighted by Gasteiger charge is 2.08. The molecule has 0 aliphatic carbocycles. The molecule has 0 aromatic carbocycles. The Morgan fingerprint density at radius 3 is 2.56 bits per heavy atom. The van der Waals surface area contributed by atoms with Crippen LogP contribution in [0, 0.1) is 0 Å². The molecule has 1 rings (SSSR count). The van der Waals surface area contributed by atoms with E-state index in [1.165, 1.54) is 7.05 Å². The minimum Gasteiger partial charge on any atom is -0.480 e. The van der Waals surface area contributed by atoms with E-state index >= 15 is 0 Å². The molecule has 0 saturated carbocycles. The van der Waals surface area contributed by atoms with Crippen LogP contribution in [0.5, 0.6) is 0 Å². The third-order valence-corrected chi connectivity index (χ3v) is 1.58. The molecule has 0 aliphatic heterocycles. The number of aromatic nitrogens is 4. The van der Waals surface area contributed by atoms with Crippen LogP contribution in [0.15, 0.2) is 0 Å². The third-order valence-electron chi connectivity index (χ3n) is 1.58. The van der Waals surface area contributed by atoms with E-state index in [4.69, 9.17) is 5.11 Å². The molecule has 4 N–H and O–H groups in total. The summed E-state index contributed by atoms with van der Waals surface area (Å²) in [5.41, 5.74) is 0. The summed E-state index contributed by atoms with van der Waals surface area (Å²) in [5.74, 6) is -1.81. The number of hydrogen-bond acceptors (Lipinski definition) is 6. The van der Waals surface area contributed by atoms with E-state index in [1.54, 1.807) is 0 Å². The number of carbonyl (C=O) groups is 3. The second-order valence-corrected chi connectivity index (χ2v) is 3.08. The molecule has 1 heterocycles. The predicted molar refractivity (Wildman–Crippen MR) is 56.5 cm³/mol. The van der Waals surface area contributed by atoms with E-state index in [0.717, 1.165) is 4.80 Å². The lowest BCUT2D eigenvalue weighted by Crippen LogP contribution is -2.40. The van der Waals surface area contributed by atoms with E-state index < -0.39 is 24.5 Å². The Bertz CT molecular complexity index is 456. The van der Waals surface area contributed by atoms with Crippen molar-refractivity contribution >= 4 is 23.9 Å². The van der Waals surface area contributed by atoms with Crippen LogP contribution in [0.2, 0.25) is 0 Å². The molecule has 98 valence electrons. The fourth-order valence-corrected chi connectivity index (χ4v) is 0.877. The average molecular weight is 257 g/mol. The quantitative estimate of drug-likeness (QED) is 0.456. The van der Waals surface area contributed by atoms with Crippen LogP contribution in [0.25, 0.3) is 0 Å². The number of nitrogens with one attached hydrogen (secondary N) is 3. The summed E-state index contributed by atoms with van der Waals surface area (Å²) >= 11 is 0. The van der Waals surface area contributed by atoms with Gasteiger partial charge in [-0.25, -0.2) is 4.79 Å². The zero-order valence-electron chi connectivity index (χ0n) is 9.38. The van der Waals surface area contributed by atoms with Gasteiger partial charge >= 0.3 is 12.0 Å². The Morgan fingerprint density at radius 1 is 1.28 bits per heavy atom. The van der Waals surface area contributed by atoms with Crippen molar-refractivity contribution in [1.29, 1.82) is 0 Å². The number of tetrazole rings is 1. The Hall–Kier alpha value is -2.72. The van der Waals surface area contributed by atoms with Crippen molar-refractivity contribution in [3.05, 3.63) is 0 Å². The van der Waals surface area contributed by atoms with E-state index in [1.807, 2.05) is 0 Å². The zero-order chi connectivity index (χ0) is 13.5. The minimum absolute atomic E-state index is 0.0130. The number of nitrogens with zero attached hydrogens (tertiary/aromatic N) is 4.